The zero-order valence-electron chi connectivity index (χ0n) is 16.1. The molecular formula is C19H26ClF3N2O3. The second-order valence-corrected chi connectivity index (χ2v) is 7.52. The lowest BCUT2D eigenvalue weighted by Crippen LogP contribution is -2.42. The first-order chi connectivity index (χ1) is 12.9. The number of alkyl halides is 3. The Kier molecular flexibility index (Phi) is 9.07. The van der Waals surface area contributed by atoms with Gasteiger partial charge >= 0.3 is 12.1 Å². The fourth-order valence-corrected chi connectivity index (χ4v) is 2.91. The summed E-state index contributed by atoms with van der Waals surface area (Å²) in [6, 6.07) is 6.37. The van der Waals surface area contributed by atoms with Gasteiger partial charge in [0.2, 0.25) is 5.91 Å². The maximum Gasteiger partial charge on any atom is 0.490 e. The lowest BCUT2D eigenvalue weighted by Gasteiger charge is -2.33. The molecule has 1 saturated heterocycles. The summed E-state index contributed by atoms with van der Waals surface area (Å²) in [6.45, 7) is 7.92. The van der Waals surface area contributed by atoms with Gasteiger partial charge in [0.1, 0.15) is 0 Å². The topological polar surface area (TPSA) is 69.6 Å². The van der Waals surface area contributed by atoms with E-state index in [0.717, 1.165) is 42.2 Å². The normalized spacial score (nSPS) is 15.1. The van der Waals surface area contributed by atoms with Crippen molar-refractivity contribution in [2.45, 2.75) is 52.3 Å². The Hall–Kier alpha value is -1.96. The first-order valence-electron chi connectivity index (χ1n) is 9.01. The van der Waals surface area contributed by atoms with Gasteiger partial charge in [0.25, 0.3) is 0 Å². The highest BCUT2D eigenvalue weighted by Crippen LogP contribution is 2.25. The number of carboxylic acid groups (broad SMARTS) is 1. The molecule has 1 aliphatic heterocycles. The van der Waals surface area contributed by atoms with Crippen LogP contribution in [0.15, 0.2) is 18.2 Å². The Morgan fingerprint density at radius 1 is 1.29 bits per heavy atom. The van der Waals surface area contributed by atoms with Crippen molar-refractivity contribution in [1.29, 1.82) is 0 Å². The second-order valence-electron chi connectivity index (χ2n) is 7.11. The smallest absolute Gasteiger partial charge is 0.475 e. The highest BCUT2D eigenvalue weighted by atomic mass is 35.5. The van der Waals surface area contributed by atoms with Gasteiger partial charge in [0.05, 0.1) is 0 Å². The highest BCUT2D eigenvalue weighted by Gasteiger charge is 2.38. The molecule has 2 N–H and O–H groups in total. The van der Waals surface area contributed by atoms with Crippen molar-refractivity contribution >= 4 is 29.2 Å². The number of carboxylic acids is 1. The molecule has 1 amide bonds. The summed E-state index contributed by atoms with van der Waals surface area (Å²) in [7, 11) is 0. The van der Waals surface area contributed by atoms with Crippen LogP contribution in [0.3, 0.4) is 0 Å². The van der Waals surface area contributed by atoms with Crippen LogP contribution < -0.4 is 5.32 Å². The van der Waals surface area contributed by atoms with E-state index in [1.54, 1.807) is 0 Å². The number of aliphatic carboxylic acids is 1. The molecule has 2 rings (SSSR count). The average Bonchev–Trinajstić information content (AvgIpc) is 2.58. The summed E-state index contributed by atoms with van der Waals surface area (Å²) < 4.78 is 31.7. The largest absolute Gasteiger partial charge is 0.490 e. The van der Waals surface area contributed by atoms with Gasteiger partial charge in [-0.25, -0.2) is 4.79 Å². The SMILES string of the molecule is Cc1c(Cl)cccc1NC1CCN(C(=O)CC(C)C)CC1.O=C(O)C(F)(F)F. The molecule has 0 spiro atoms. The number of halogens is 4. The number of anilines is 1. The highest BCUT2D eigenvalue weighted by molar-refractivity contribution is 6.31. The van der Waals surface area contributed by atoms with Crippen LogP contribution >= 0.6 is 11.6 Å². The minimum Gasteiger partial charge on any atom is -0.475 e. The van der Waals surface area contributed by atoms with Crippen LogP contribution in [0.4, 0.5) is 18.9 Å². The van der Waals surface area contributed by atoms with Gasteiger partial charge in [0, 0.05) is 36.3 Å². The number of hydrogen-bond donors (Lipinski definition) is 2. The molecule has 0 unspecified atom stereocenters. The molecule has 1 aromatic carbocycles. The Balaban J connectivity index is 0.000000480. The zero-order chi connectivity index (χ0) is 21.5. The molecule has 1 heterocycles. The van der Waals surface area contributed by atoms with Crippen molar-refractivity contribution < 1.29 is 27.9 Å². The summed E-state index contributed by atoms with van der Waals surface area (Å²) in [5, 5.41) is 11.5. The van der Waals surface area contributed by atoms with E-state index in [4.69, 9.17) is 21.5 Å². The van der Waals surface area contributed by atoms with Crippen molar-refractivity contribution in [2.24, 2.45) is 5.92 Å². The summed E-state index contributed by atoms with van der Waals surface area (Å²) in [5.41, 5.74) is 2.20. The van der Waals surface area contributed by atoms with Gasteiger partial charge in [-0.3, -0.25) is 4.79 Å². The van der Waals surface area contributed by atoms with E-state index >= 15 is 0 Å². The number of nitrogens with zero attached hydrogens (tertiary/aromatic N) is 1. The quantitative estimate of drug-likeness (QED) is 0.735. The van der Waals surface area contributed by atoms with E-state index in [9.17, 15) is 18.0 Å². The van der Waals surface area contributed by atoms with Crippen molar-refractivity contribution in [3.63, 3.8) is 0 Å². The fourth-order valence-electron chi connectivity index (χ4n) is 2.74. The maximum absolute atomic E-state index is 12.1. The summed E-state index contributed by atoms with van der Waals surface area (Å²) in [4.78, 5) is 23.0. The number of hydrogen-bond acceptors (Lipinski definition) is 3. The average molecular weight is 423 g/mol. The molecule has 5 nitrogen and oxygen atoms in total. The standard InChI is InChI=1S/C17H25ClN2O.C2HF3O2/c1-12(2)11-17(21)20-9-7-14(8-10-20)19-16-6-4-5-15(18)13(16)3;3-2(4,5)1(6)7/h4-6,12,14,19H,7-11H2,1-3H3;(H,6,7). The molecule has 28 heavy (non-hydrogen) atoms. The number of rotatable bonds is 4. The van der Waals surface area contributed by atoms with Crippen LogP contribution in [-0.4, -0.2) is 47.2 Å². The third-order valence-electron chi connectivity index (χ3n) is 4.30. The number of likely N-dealkylation sites (tertiary alicyclic amines) is 1. The number of carbonyl (C=O) groups is 2. The van der Waals surface area contributed by atoms with Gasteiger partial charge in [0.15, 0.2) is 0 Å². The molecule has 0 bridgehead atoms. The van der Waals surface area contributed by atoms with E-state index in [2.05, 4.69) is 25.2 Å². The number of nitrogens with one attached hydrogen (secondary N) is 1. The minimum atomic E-state index is -5.08. The minimum absolute atomic E-state index is 0.294. The predicted molar refractivity (Wildman–Crippen MR) is 103 cm³/mol. The lowest BCUT2D eigenvalue weighted by molar-refractivity contribution is -0.192. The van der Waals surface area contributed by atoms with Gasteiger partial charge < -0.3 is 15.3 Å². The van der Waals surface area contributed by atoms with Crippen LogP contribution in [0.25, 0.3) is 0 Å². The molecule has 0 aliphatic carbocycles. The molecule has 1 fully saturated rings. The number of carbonyl (C=O) groups excluding carboxylic acids is 1. The number of benzene rings is 1. The molecular weight excluding hydrogens is 397 g/mol. The van der Waals surface area contributed by atoms with Gasteiger partial charge in [-0.05, 0) is 43.4 Å². The van der Waals surface area contributed by atoms with Gasteiger partial charge in [-0.2, -0.15) is 13.2 Å². The maximum atomic E-state index is 12.1. The Labute approximate surface area is 167 Å². The molecule has 158 valence electrons. The van der Waals surface area contributed by atoms with Gasteiger partial charge in [-0.1, -0.05) is 31.5 Å². The third-order valence-corrected chi connectivity index (χ3v) is 4.71. The van der Waals surface area contributed by atoms with Crippen molar-refractivity contribution in [3.8, 4) is 0 Å². The van der Waals surface area contributed by atoms with Crippen molar-refractivity contribution in [3.05, 3.63) is 28.8 Å². The zero-order valence-corrected chi connectivity index (χ0v) is 16.9. The summed E-state index contributed by atoms with van der Waals surface area (Å²) in [5.74, 6) is -2.03. The molecule has 0 atom stereocenters. The van der Waals surface area contributed by atoms with Crippen molar-refractivity contribution in [2.75, 3.05) is 18.4 Å². The van der Waals surface area contributed by atoms with Gasteiger partial charge in [-0.15, -0.1) is 0 Å². The third kappa shape index (κ3) is 7.96. The van der Waals surface area contributed by atoms with Crippen LogP contribution in [0.5, 0.6) is 0 Å². The van der Waals surface area contributed by atoms with Crippen LogP contribution in [0, 0.1) is 12.8 Å². The number of amides is 1. The molecule has 9 heteroatoms. The fraction of sp³-hybridized carbons (Fsp3) is 0.579. The Morgan fingerprint density at radius 3 is 2.29 bits per heavy atom. The monoisotopic (exact) mass is 422 g/mol. The number of piperidine rings is 1. The van der Waals surface area contributed by atoms with Crippen molar-refractivity contribution in [1.82, 2.24) is 4.90 Å². The van der Waals surface area contributed by atoms with E-state index in [0.29, 0.717) is 24.3 Å². The van der Waals surface area contributed by atoms with E-state index < -0.39 is 12.1 Å². The second kappa shape index (κ2) is 10.5. The van der Waals surface area contributed by atoms with E-state index in [-0.39, 0.29) is 0 Å². The lowest BCUT2D eigenvalue weighted by atomic mass is 10.0. The molecule has 0 aromatic heterocycles. The van der Waals surface area contributed by atoms with Crippen LogP contribution in [0.2, 0.25) is 5.02 Å². The molecule has 0 radical (unpaired) electrons. The van der Waals surface area contributed by atoms with Crippen LogP contribution in [0.1, 0.15) is 38.7 Å². The van der Waals surface area contributed by atoms with E-state index in [1.165, 1.54) is 0 Å². The Morgan fingerprint density at radius 2 is 1.82 bits per heavy atom. The molecule has 1 aromatic rings. The first-order valence-corrected chi connectivity index (χ1v) is 9.39. The summed E-state index contributed by atoms with van der Waals surface area (Å²) >= 11 is 6.15. The predicted octanol–water partition coefficient (Wildman–Crippen LogP) is 4.73. The molecule has 1 aliphatic rings. The van der Waals surface area contributed by atoms with Crippen LogP contribution in [-0.2, 0) is 9.59 Å². The van der Waals surface area contributed by atoms with E-state index in [1.807, 2.05) is 24.0 Å². The first kappa shape index (κ1) is 24.1. The Bertz CT molecular complexity index is 673. The molecule has 0 saturated carbocycles. The summed E-state index contributed by atoms with van der Waals surface area (Å²) in [6.07, 6.45) is -2.43.